The number of nitrogens with zero attached hydrogens (tertiary/aromatic N) is 3. The summed E-state index contributed by atoms with van der Waals surface area (Å²) in [6.45, 7) is 3.67. The van der Waals surface area contributed by atoms with Gasteiger partial charge in [0.05, 0.1) is 12.2 Å². The van der Waals surface area contributed by atoms with E-state index in [2.05, 4.69) is 45.4 Å². The first kappa shape index (κ1) is 21.1. The van der Waals surface area contributed by atoms with Gasteiger partial charge >= 0.3 is 0 Å². The zero-order valence-corrected chi connectivity index (χ0v) is 18.0. The summed E-state index contributed by atoms with van der Waals surface area (Å²) in [6, 6.07) is 20.0. The second-order valence-corrected chi connectivity index (χ2v) is 8.17. The van der Waals surface area contributed by atoms with E-state index in [0.29, 0.717) is 12.1 Å². The van der Waals surface area contributed by atoms with Gasteiger partial charge in [0.2, 0.25) is 0 Å². The van der Waals surface area contributed by atoms with E-state index in [1.165, 1.54) is 5.56 Å². The lowest BCUT2D eigenvalue weighted by Crippen LogP contribution is -2.39. The standard InChI is InChI=1S/C25H30N4O2/c1-28(19-22-10-14-26-27-22)25(30)21-8-5-9-24(18-21)31-23-12-16-29(17-13-23)15-11-20-6-3-2-4-7-20/h2-10,14,18,23H,11-13,15-17,19H2,1H3,(H,26,27). The molecule has 1 saturated heterocycles. The first-order chi connectivity index (χ1) is 15.2. The molecule has 1 fully saturated rings. The van der Waals surface area contributed by atoms with Gasteiger partial charge in [-0.2, -0.15) is 5.10 Å². The Morgan fingerprint density at radius 1 is 1.13 bits per heavy atom. The summed E-state index contributed by atoms with van der Waals surface area (Å²) in [5.74, 6) is 0.735. The van der Waals surface area contributed by atoms with Gasteiger partial charge in [-0.1, -0.05) is 36.4 Å². The highest BCUT2D eigenvalue weighted by molar-refractivity contribution is 5.94. The van der Waals surface area contributed by atoms with Crippen molar-refractivity contribution in [1.29, 1.82) is 0 Å². The monoisotopic (exact) mass is 418 g/mol. The number of nitrogens with one attached hydrogen (secondary N) is 1. The minimum absolute atomic E-state index is 0.0317. The topological polar surface area (TPSA) is 61.5 Å². The molecule has 6 heteroatoms. The summed E-state index contributed by atoms with van der Waals surface area (Å²) in [5.41, 5.74) is 2.93. The Morgan fingerprint density at radius 2 is 1.94 bits per heavy atom. The first-order valence-electron chi connectivity index (χ1n) is 10.9. The number of aromatic nitrogens is 2. The zero-order chi connectivity index (χ0) is 21.5. The summed E-state index contributed by atoms with van der Waals surface area (Å²) < 4.78 is 6.23. The van der Waals surface area contributed by atoms with E-state index in [1.807, 2.05) is 30.3 Å². The molecule has 0 atom stereocenters. The number of carbonyl (C=O) groups is 1. The van der Waals surface area contributed by atoms with E-state index in [1.54, 1.807) is 18.1 Å². The maximum absolute atomic E-state index is 12.8. The van der Waals surface area contributed by atoms with Crippen LogP contribution < -0.4 is 4.74 Å². The van der Waals surface area contributed by atoms with Crippen LogP contribution in [0.4, 0.5) is 0 Å². The van der Waals surface area contributed by atoms with E-state index >= 15 is 0 Å². The molecule has 1 aliphatic heterocycles. The Labute approximate surface area is 183 Å². The molecule has 0 spiro atoms. The molecule has 0 saturated carbocycles. The van der Waals surface area contributed by atoms with Gasteiger partial charge in [0.15, 0.2) is 0 Å². The van der Waals surface area contributed by atoms with Gasteiger partial charge in [0.1, 0.15) is 11.9 Å². The molecule has 0 radical (unpaired) electrons. The van der Waals surface area contributed by atoms with Crippen LogP contribution in [0.3, 0.4) is 0 Å². The van der Waals surface area contributed by atoms with Crippen LogP contribution in [0.2, 0.25) is 0 Å². The quantitative estimate of drug-likeness (QED) is 0.605. The van der Waals surface area contributed by atoms with Gasteiger partial charge in [0, 0.05) is 38.4 Å². The lowest BCUT2D eigenvalue weighted by molar-refractivity contribution is 0.0780. The summed E-state index contributed by atoms with van der Waals surface area (Å²) in [6.07, 6.45) is 4.98. The molecule has 1 amide bonds. The van der Waals surface area contributed by atoms with Gasteiger partial charge in [-0.3, -0.25) is 9.89 Å². The van der Waals surface area contributed by atoms with Crippen molar-refractivity contribution in [3.05, 3.63) is 83.7 Å². The molecule has 0 aliphatic carbocycles. The number of ether oxygens (including phenoxy) is 1. The number of carbonyl (C=O) groups excluding carboxylic acids is 1. The number of hydrogen-bond donors (Lipinski definition) is 1. The molecule has 1 N–H and O–H groups in total. The smallest absolute Gasteiger partial charge is 0.254 e. The van der Waals surface area contributed by atoms with Crippen LogP contribution >= 0.6 is 0 Å². The van der Waals surface area contributed by atoms with Crippen LogP contribution in [0.1, 0.15) is 34.5 Å². The Kier molecular flexibility index (Phi) is 6.99. The third-order valence-corrected chi connectivity index (χ3v) is 5.79. The van der Waals surface area contributed by atoms with E-state index in [9.17, 15) is 4.79 Å². The fourth-order valence-electron chi connectivity index (χ4n) is 4.00. The number of hydrogen-bond acceptors (Lipinski definition) is 4. The minimum Gasteiger partial charge on any atom is -0.490 e. The Balaban J connectivity index is 1.26. The molecule has 4 rings (SSSR count). The van der Waals surface area contributed by atoms with Gasteiger partial charge < -0.3 is 14.5 Å². The molecule has 31 heavy (non-hydrogen) atoms. The maximum atomic E-state index is 12.8. The van der Waals surface area contributed by atoms with Crippen molar-refractivity contribution in [3.63, 3.8) is 0 Å². The number of aromatic amines is 1. The summed E-state index contributed by atoms with van der Waals surface area (Å²) in [4.78, 5) is 17.0. The summed E-state index contributed by atoms with van der Waals surface area (Å²) >= 11 is 0. The molecule has 0 unspecified atom stereocenters. The van der Waals surface area contributed by atoms with E-state index < -0.39 is 0 Å². The molecular weight excluding hydrogens is 388 g/mol. The normalized spacial score (nSPS) is 15.0. The molecule has 6 nitrogen and oxygen atoms in total. The highest BCUT2D eigenvalue weighted by Gasteiger charge is 2.21. The van der Waals surface area contributed by atoms with Crippen LogP contribution in [0.25, 0.3) is 0 Å². The average molecular weight is 419 g/mol. The van der Waals surface area contributed by atoms with Crippen molar-refractivity contribution in [2.45, 2.75) is 31.9 Å². The predicted molar refractivity (Wildman–Crippen MR) is 121 cm³/mol. The van der Waals surface area contributed by atoms with Crippen molar-refractivity contribution in [2.24, 2.45) is 0 Å². The largest absolute Gasteiger partial charge is 0.490 e. The fraction of sp³-hybridized carbons (Fsp3) is 0.360. The SMILES string of the molecule is CN(Cc1ccn[nH]1)C(=O)c1cccc(OC2CCN(CCc3ccccc3)CC2)c1. The lowest BCUT2D eigenvalue weighted by Gasteiger charge is -2.32. The Hall–Kier alpha value is -3.12. The minimum atomic E-state index is -0.0317. The number of amides is 1. The van der Waals surface area contributed by atoms with Crippen molar-refractivity contribution in [1.82, 2.24) is 20.0 Å². The zero-order valence-electron chi connectivity index (χ0n) is 18.0. The molecule has 162 valence electrons. The van der Waals surface area contributed by atoms with Gasteiger partial charge in [-0.05, 0) is 49.1 Å². The van der Waals surface area contributed by atoms with Crippen molar-refractivity contribution in [2.75, 3.05) is 26.7 Å². The van der Waals surface area contributed by atoms with Crippen molar-refractivity contribution < 1.29 is 9.53 Å². The molecule has 2 heterocycles. The number of piperidine rings is 1. The van der Waals surface area contributed by atoms with Crippen LogP contribution in [0.5, 0.6) is 5.75 Å². The summed E-state index contributed by atoms with van der Waals surface area (Å²) in [7, 11) is 1.79. The fourth-order valence-corrected chi connectivity index (χ4v) is 4.00. The lowest BCUT2D eigenvalue weighted by atomic mass is 10.1. The Bertz CT molecular complexity index is 951. The predicted octanol–water partition coefficient (Wildman–Crippen LogP) is 3.77. The third-order valence-electron chi connectivity index (χ3n) is 5.79. The Morgan fingerprint density at radius 3 is 2.68 bits per heavy atom. The molecule has 2 aromatic carbocycles. The van der Waals surface area contributed by atoms with Gasteiger partial charge in [0.25, 0.3) is 5.91 Å². The second kappa shape index (κ2) is 10.3. The molecule has 3 aromatic rings. The number of benzene rings is 2. The highest BCUT2D eigenvalue weighted by Crippen LogP contribution is 2.21. The van der Waals surface area contributed by atoms with Crippen LogP contribution in [0, 0.1) is 0 Å². The van der Waals surface area contributed by atoms with E-state index in [-0.39, 0.29) is 12.0 Å². The van der Waals surface area contributed by atoms with E-state index in [0.717, 1.165) is 50.3 Å². The van der Waals surface area contributed by atoms with Crippen LogP contribution in [0.15, 0.2) is 66.9 Å². The highest BCUT2D eigenvalue weighted by atomic mass is 16.5. The molecule has 1 aliphatic rings. The van der Waals surface area contributed by atoms with E-state index in [4.69, 9.17) is 4.74 Å². The number of H-pyrrole nitrogens is 1. The van der Waals surface area contributed by atoms with Gasteiger partial charge in [-0.25, -0.2) is 0 Å². The average Bonchev–Trinajstić information content (AvgIpc) is 3.32. The first-order valence-corrected chi connectivity index (χ1v) is 10.9. The maximum Gasteiger partial charge on any atom is 0.254 e. The molecular formula is C25H30N4O2. The van der Waals surface area contributed by atoms with Crippen LogP contribution in [-0.2, 0) is 13.0 Å². The second-order valence-electron chi connectivity index (χ2n) is 8.17. The number of rotatable bonds is 8. The third kappa shape index (κ3) is 5.95. The van der Waals surface area contributed by atoms with Crippen molar-refractivity contribution in [3.8, 4) is 5.75 Å². The molecule has 1 aromatic heterocycles. The molecule has 0 bridgehead atoms. The van der Waals surface area contributed by atoms with Gasteiger partial charge in [-0.15, -0.1) is 0 Å². The summed E-state index contributed by atoms with van der Waals surface area (Å²) in [5, 5.41) is 6.82. The van der Waals surface area contributed by atoms with Crippen LogP contribution in [-0.4, -0.2) is 58.7 Å². The van der Waals surface area contributed by atoms with Crippen molar-refractivity contribution >= 4 is 5.91 Å². The number of likely N-dealkylation sites (tertiary alicyclic amines) is 1.